The quantitative estimate of drug-likeness (QED) is 0.550. The van der Waals surface area contributed by atoms with Gasteiger partial charge in [0.25, 0.3) is 0 Å². The molecule has 18 heavy (non-hydrogen) atoms. The fourth-order valence-electron chi connectivity index (χ4n) is 5.80. The van der Waals surface area contributed by atoms with Crippen LogP contribution < -0.4 is 0 Å². The molecule has 4 fully saturated rings. The third-order valence-electron chi connectivity index (χ3n) is 5.82. The maximum Gasteiger partial charge on any atom is 0.330 e. The fraction of sp³-hybridized carbons (Fsp3) is 0.812. The van der Waals surface area contributed by atoms with Gasteiger partial charge in [0.05, 0.1) is 0 Å². The van der Waals surface area contributed by atoms with E-state index in [0.29, 0.717) is 16.7 Å². The lowest BCUT2D eigenvalue weighted by atomic mass is 9.41. The molecule has 0 aromatic rings. The second-order valence-electron chi connectivity index (χ2n) is 7.80. The lowest BCUT2D eigenvalue weighted by Gasteiger charge is -2.67. The molecule has 0 heterocycles. The molecule has 4 rings (SSSR count). The van der Waals surface area contributed by atoms with Crippen LogP contribution in [0.2, 0.25) is 0 Å². The largest absolute Gasteiger partial charge is 0.456 e. The fourth-order valence-corrected chi connectivity index (χ4v) is 5.80. The van der Waals surface area contributed by atoms with Gasteiger partial charge in [0.1, 0.15) is 5.60 Å². The Morgan fingerprint density at radius 3 is 2.28 bits per heavy atom. The molecule has 0 radical (unpaired) electrons. The predicted molar refractivity (Wildman–Crippen MR) is 71.0 cm³/mol. The Morgan fingerprint density at radius 1 is 1.22 bits per heavy atom. The molecule has 4 aliphatic carbocycles. The number of esters is 1. The number of carbonyl (C=O) groups excluding carboxylic acids is 1. The Bertz CT molecular complexity index is 393. The maximum atomic E-state index is 11.7. The molecule has 0 aliphatic heterocycles. The van der Waals surface area contributed by atoms with Crippen molar-refractivity contribution in [2.24, 2.45) is 22.7 Å². The van der Waals surface area contributed by atoms with Crippen molar-refractivity contribution in [2.45, 2.75) is 58.5 Å². The first kappa shape index (κ1) is 12.3. The van der Waals surface area contributed by atoms with Gasteiger partial charge in [-0.15, -0.1) is 0 Å². The maximum absolute atomic E-state index is 11.7. The molecule has 3 unspecified atom stereocenters. The topological polar surface area (TPSA) is 26.3 Å². The second kappa shape index (κ2) is 3.40. The molecule has 0 aromatic carbocycles. The zero-order valence-electron chi connectivity index (χ0n) is 11.8. The molecule has 2 heteroatoms. The Balaban J connectivity index is 1.98. The summed E-state index contributed by atoms with van der Waals surface area (Å²) in [4.78, 5) is 11.7. The van der Waals surface area contributed by atoms with Crippen LogP contribution >= 0.6 is 0 Å². The molecule has 4 bridgehead atoms. The monoisotopic (exact) mass is 248 g/mol. The summed E-state index contributed by atoms with van der Waals surface area (Å²) in [5, 5.41) is 0. The molecular weight excluding hydrogens is 224 g/mol. The van der Waals surface area contributed by atoms with Gasteiger partial charge in [0.2, 0.25) is 0 Å². The molecule has 0 N–H and O–H groups in total. The van der Waals surface area contributed by atoms with E-state index in [9.17, 15) is 4.79 Å². The van der Waals surface area contributed by atoms with Crippen LogP contribution in [0.5, 0.6) is 0 Å². The van der Waals surface area contributed by atoms with Crippen molar-refractivity contribution in [2.75, 3.05) is 0 Å². The zero-order chi connectivity index (χ0) is 13.2. The zero-order valence-corrected chi connectivity index (χ0v) is 11.8. The van der Waals surface area contributed by atoms with Crippen molar-refractivity contribution in [1.29, 1.82) is 0 Å². The third-order valence-corrected chi connectivity index (χ3v) is 5.82. The lowest BCUT2D eigenvalue weighted by Crippen LogP contribution is -2.64. The molecule has 0 spiro atoms. The summed E-state index contributed by atoms with van der Waals surface area (Å²) < 4.78 is 5.89. The van der Waals surface area contributed by atoms with Crippen LogP contribution in [0.15, 0.2) is 12.7 Å². The third kappa shape index (κ3) is 1.57. The Morgan fingerprint density at radius 2 is 1.78 bits per heavy atom. The molecule has 4 aliphatic rings. The minimum atomic E-state index is -0.240. The van der Waals surface area contributed by atoms with Gasteiger partial charge in [-0.3, -0.25) is 0 Å². The van der Waals surface area contributed by atoms with Crippen molar-refractivity contribution in [3.8, 4) is 0 Å². The number of hydrogen-bond acceptors (Lipinski definition) is 2. The molecular formula is C16H24O2. The molecule has 3 atom stereocenters. The Labute approximate surface area is 110 Å². The van der Waals surface area contributed by atoms with Crippen LogP contribution in [0, 0.1) is 22.7 Å². The van der Waals surface area contributed by atoms with E-state index in [4.69, 9.17) is 4.74 Å². The first-order valence-corrected chi connectivity index (χ1v) is 7.15. The van der Waals surface area contributed by atoms with E-state index in [1.165, 1.54) is 25.3 Å². The average Bonchev–Trinajstić information content (AvgIpc) is 2.22. The van der Waals surface area contributed by atoms with E-state index in [-0.39, 0.29) is 11.6 Å². The number of hydrogen-bond donors (Lipinski definition) is 0. The summed E-state index contributed by atoms with van der Waals surface area (Å²) in [7, 11) is 0. The van der Waals surface area contributed by atoms with Crippen molar-refractivity contribution in [3.63, 3.8) is 0 Å². The summed E-state index contributed by atoms with van der Waals surface area (Å²) in [6.45, 7) is 10.6. The predicted octanol–water partition coefficient (Wildman–Crippen LogP) is 3.71. The summed E-state index contributed by atoms with van der Waals surface area (Å²) in [6.07, 6.45) is 7.35. The van der Waals surface area contributed by atoms with E-state index in [1.807, 2.05) is 0 Å². The molecule has 0 aromatic heterocycles. The summed E-state index contributed by atoms with van der Waals surface area (Å²) in [5.74, 6) is 0.993. The van der Waals surface area contributed by atoms with Crippen molar-refractivity contribution in [3.05, 3.63) is 12.7 Å². The minimum absolute atomic E-state index is 0.214. The van der Waals surface area contributed by atoms with Crippen LogP contribution in [0.1, 0.15) is 52.9 Å². The van der Waals surface area contributed by atoms with E-state index in [1.54, 1.807) is 0 Å². The summed E-state index contributed by atoms with van der Waals surface area (Å²) in [6, 6.07) is 0. The first-order valence-electron chi connectivity index (χ1n) is 7.15. The van der Waals surface area contributed by atoms with E-state index in [2.05, 4.69) is 27.4 Å². The van der Waals surface area contributed by atoms with Crippen LogP contribution in [0.25, 0.3) is 0 Å². The van der Waals surface area contributed by atoms with Crippen LogP contribution in [-0.4, -0.2) is 11.6 Å². The molecule has 0 amide bonds. The standard InChI is InChI=1S/C16H24O2/c1-5-13(17)18-16-9-14(3)6-12(11(16)2)7-15(4,8-14)10-16/h5,11-12H,1,6-10H2,2-4H3. The second-order valence-corrected chi connectivity index (χ2v) is 7.80. The van der Waals surface area contributed by atoms with Crippen LogP contribution in [-0.2, 0) is 9.53 Å². The van der Waals surface area contributed by atoms with Gasteiger partial charge in [-0.25, -0.2) is 4.79 Å². The summed E-state index contributed by atoms with van der Waals surface area (Å²) in [5.41, 5.74) is 0.544. The Hall–Kier alpha value is -0.790. The van der Waals surface area contributed by atoms with Gasteiger partial charge in [-0.05, 0) is 54.8 Å². The highest BCUT2D eigenvalue weighted by atomic mass is 16.6. The van der Waals surface area contributed by atoms with E-state index < -0.39 is 0 Å². The minimum Gasteiger partial charge on any atom is -0.456 e. The Kier molecular flexibility index (Phi) is 2.31. The summed E-state index contributed by atoms with van der Waals surface area (Å²) >= 11 is 0. The molecule has 4 saturated carbocycles. The van der Waals surface area contributed by atoms with Crippen LogP contribution in [0.4, 0.5) is 0 Å². The van der Waals surface area contributed by atoms with Gasteiger partial charge < -0.3 is 4.74 Å². The van der Waals surface area contributed by atoms with Crippen molar-refractivity contribution >= 4 is 5.97 Å². The number of carbonyl (C=O) groups is 1. The highest BCUT2D eigenvalue weighted by Gasteiger charge is 2.65. The van der Waals surface area contributed by atoms with Gasteiger partial charge in [-0.1, -0.05) is 27.4 Å². The number of ether oxygens (including phenoxy) is 1. The number of rotatable bonds is 2. The SMILES string of the molecule is C=CC(=O)OC12CC3(C)CC(CC(C)(C3)C1)C2C. The van der Waals surface area contributed by atoms with Gasteiger partial charge in [0, 0.05) is 6.08 Å². The smallest absolute Gasteiger partial charge is 0.330 e. The first-order chi connectivity index (χ1) is 8.30. The molecule has 2 nitrogen and oxygen atoms in total. The molecule has 0 saturated heterocycles. The average molecular weight is 248 g/mol. The van der Waals surface area contributed by atoms with E-state index in [0.717, 1.165) is 18.8 Å². The van der Waals surface area contributed by atoms with Gasteiger partial charge in [0.15, 0.2) is 0 Å². The highest BCUT2D eigenvalue weighted by Crippen LogP contribution is 2.69. The van der Waals surface area contributed by atoms with Crippen LogP contribution in [0.3, 0.4) is 0 Å². The van der Waals surface area contributed by atoms with Gasteiger partial charge in [-0.2, -0.15) is 0 Å². The van der Waals surface area contributed by atoms with Crippen molar-refractivity contribution in [1.82, 2.24) is 0 Å². The normalized spacial score (nSPS) is 53.3. The molecule has 100 valence electrons. The van der Waals surface area contributed by atoms with E-state index >= 15 is 0 Å². The highest BCUT2D eigenvalue weighted by molar-refractivity contribution is 5.81. The lowest BCUT2D eigenvalue weighted by molar-refractivity contribution is -0.236. The van der Waals surface area contributed by atoms with Crippen molar-refractivity contribution < 1.29 is 9.53 Å². The van der Waals surface area contributed by atoms with Gasteiger partial charge >= 0.3 is 5.97 Å².